The van der Waals surface area contributed by atoms with Crippen LogP contribution in [0, 0.1) is 0 Å². The average Bonchev–Trinajstić information content (AvgIpc) is 2.88. The summed E-state index contributed by atoms with van der Waals surface area (Å²) in [5.74, 6) is 0.512. The van der Waals surface area contributed by atoms with Crippen molar-refractivity contribution in [2.75, 3.05) is 13.7 Å². The van der Waals surface area contributed by atoms with E-state index in [1.165, 1.54) is 31.0 Å². The Morgan fingerprint density at radius 2 is 1.78 bits per heavy atom. The van der Waals surface area contributed by atoms with E-state index in [-0.39, 0.29) is 22.9 Å². The van der Waals surface area contributed by atoms with E-state index >= 15 is 0 Å². The second-order valence-corrected chi connectivity index (χ2v) is 8.73. The van der Waals surface area contributed by atoms with Crippen molar-refractivity contribution in [2.24, 2.45) is 5.10 Å². The molecule has 0 spiro atoms. The fourth-order valence-corrected chi connectivity index (χ4v) is 3.63. The fourth-order valence-electron chi connectivity index (χ4n) is 3.15. The number of hydrogen-bond acceptors (Lipinski definition) is 6. The molecule has 1 N–H and O–H groups in total. The number of carbonyl (C=O) groups excluding carboxylic acids is 2. The van der Waals surface area contributed by atoms with Gasteiger partial charge in [-0.05, 0) is 72.0 Å². The molecule has 3 rings (SSSR count). The zero-order valence-electron chi connectivity index (χ0n) is 20.1. The first-order valence-electron chi connectivity index (χ1n) is 11.2. The number of nitrogens with zero attached hydrogens (tertiary/aromatic N) is 1. The van der Waals surface area contributed by atoms with Crippen LogP contribution < -0.4 is 19.6 Å². The third kappa shape index (κ3) is 7.47. The topological polar surface area (TPSA) is 86.2 Å². The molecule has 0 heterocycles. The van der Waals surface area contributed by atoms with E-state index in [1.807, 2.05) is 24.3 Å². The van der Waals surface area contributed by atoms with Crippen molar-refractivity contribution in [2.45, 2.75) is 26.2 Å². The largest absolute Gasteiger partial charge is 0.493 e. The third-order valence-corrected chi connectivity index (χ3v) is 5.92. The summed E-state index contributed by atoms with van der Waals surface area (Å²) in [4.78, 5) is 24.5. The molecule has 0 aliphatic rings. The van der Waals surface area contributed by atoms with Crippen LogP contribution in [-0.4, -0.2) is 31.8 Å². The number of halogens is 2. The number of ether oxygens (including phenoxy) is 3. The molecule has 36 heavy (non-hydrogen) atoms. The number of amides is 1. The summed E-state index contributed by atoms with van der Waals surface area (Å²) in [5, 5.41) is 4.53. The van der Waals surface area contributed by atoms with Gasteiger partial charge in [-0.3, -0.25) is 4.79 Å². The van der Waals surface area contributed by atoms with E-state index < -0.39 is 11.9 Å². The summed E-state index contributed by atoms with van der Waals surface area (Å²) in [7, 11) is 1.44. The Morgan fingerprint density at radius 3 is 2.44 bits per heavy atom. The number of hydrazone groups is 1. The molecule has 0 aliphatic carbocycles. The van der Waals surface area contributed by atoms with Gasteiger partial charge in [0, 0.05) is 5.02 Å². The van der Waals surface area contributed by atoms with Gasteiger partial charge >= 0.3 is 5.97 Å². The first-order chi connectivity index (χ1) is 17.3. The molecular formula is C27H26Cl2N2O5. The maximum absolute atomic E-state index is 12.5. The van der Waals surface area contributed by atoms with Gasteiger partial charge in [0.25, 0.3) is 5.91 Å². The Kier molecular flexibility index (Phi) is 9.73. The molecule has 0 bridgehead atoms. The summed E-state index contributed by atoms with van der Waals surface area (Å²) in [6.07, 6.45) is 2.49. The molecule has 0 unspecified atom stereocenters. The van der Waals surface area contributed by atoms with Crippen molar-refractivity contribution in [3.8, 4) is 17.2 Å². The van der Waals surface area contributed by atoms with Crippen LogP contribution in [0.1, 0.15) is 47.7 Å². The number of nitrogens with one attached hydrogen (secondary N) is 1. The van der Waals surface area contributed by atoms with Crippen LogP contribution in [0.3, 0.4) is 0 Å². The summed E-state index contributed by atoms with van der Waals surface area (Å²) >= 11 is 11.9. The normalized spacial score (nSPS) is 11.7. The minimum Gasteiger partial charge on any atom is -0.493 e. The highest BCUT2D eigenvalue weighted by Gasteiger charge is 2.16. The summed E-state index contributed by atoms with van der Waals surface area (Å²) in [5.41, 5.74) is 4.42. The molecule has 3 aromatic carbocycles. The lowest BCUT2D eigenvalue weighted by Gasteiger charge is -2.11. The van der Waals surface area contributed by atoms with Crippen molar-refractivity contribution in [1.82, 2.24) is 5.43 Å². The van der Waals surface area contributed by atoms with Gasteiger partial charge < -0.3 is 14.2 Å². The maximum atomic E-state index is 12.5. The summed E-state index contributed by atoms with van der Waals surface area (Å²) in [6.45, 7) is 4.12. The lowest BCUT2D eigenvalue weighted by Crippen LogP contribution is -2.24. The molecule has 1 atom stereocenters. The molecule has 9 heteroatoms. The van der Waals surface area contributed by atoms with Crippen LogP contribution in [0.2, 0.25) is 10.0 Å². The number of methoxy groups -OCH3 is 1. The van der Waals surface area contributed by atoms with Gasteiger partial charge in [-0.2, -0.15) is 5.10 Å². The third-order valence-electron chi connectivity index (χ3n) is 5.38. The molecule has 188 valence electrons. The molecule has 0 fully saturated rings. The van der Waals surface area contributed by atoms with Crippen molar-refractivity contribution in [3.63, 3.8) is 0 Å². The predicted octanol–water partition coefficient (Wildman–Crippen LogP) is 6.26. The van der Waals surface area contributed by atoms with Crippen molar-refractivity contribution < 1.29 is 23.8 Å². The highest BCUT2D eigenvalue weighted by molar-refractivity contribution is 6.36. The summed E-state index contributed by atoms with van der Waals surface area (Å²) in [6, 6.07) is 17.0. The van der Waals surface area contributed by atoms with Crippen LogP contribution in [0.15, 0.2) is 65.8 Å². The smallest absolute Gasteiger partial charge is 0.345 e. The van der Waals surface area contributed by atoms with Gasteiger partial charge in [-0.25, -0.2) is 10.2 Å². The number of carbonyl (C=O) groups is 2. The molecule has 0 saturated heterocycles. The van der Waals surface area contributed by atoms with Gasteiger partial charge in [0.05, 0.1) is 23.9 Å². The molecule has 0 radical (unpaired) electrons. The molecule has 1 amide bonds. The van der Waals surface area contributed by atoms with Gasteiger partial charge in [0.2, 0.25) is 0 Å². The number of benzene rings is 3. The van der Waals surface area contributed by atoms with Gasteiger partial charge in [-0.15, -0.1) is 0 Å². The van der Waals surface area contributed by atoms with E-state index in [9.17, 15) is 9.59 Å². The quantitative estimate of drug-likeness (QED) is 0.145. The van der Waals surface area contributed by atoms with Crippen LogP contribution in [0.4, 0.5) is 0 Å². The molecule has 7 nitrogen and oxygen atoms in total. The van der Waals surface area contributed by atoms with Gasteiger partial charge in [0.15, 0.2) is 18.1 Å². The van der Waals surface area contributed by atoms with E-state index in [2.05, 4.69) is 24.4 Å². The minimum absolute atomic E-state index is 0.171. The highest BCUT2D eigenvalue weighted by atomic mass is 35.5. The Balaban J connectivity index is 1.54. The SMILES string of the molecule is CC[C@@H](C)c1ccc(OCC(=O)N/N=C/c2ccc(OC(=O)c3ccc(Cl)cc3Cl)c(OC)c2)cc1. The standard InChI is InChI=1S/C27H26Cl2N2O5/c1-4-17(2)19-6-9-21(10-7-19)35-16-26(32)31-30-15-18-5-12-24(25(13-18)34-3)36-27(33)22-11-8-20(28)14-23(22)29/h5-15,17H,4,16H2,1-3H3,(H,31,32)/b30-15+/t17-/m1/s1. The van der Waals surface area contributed by atoms with Crippen molar-refractivity contribution in [1.29, 1.82) is 0 Å². The maximum Gasteiger partial charge on any atom is 0.345 e. The highest BCUT2D eigenvalue weighted by Crippen LogP contribution is 2.30. The van der Waals surface area contributed by atoms with Crippen LogP contribution in [-0.2, 0) is 4.79 Å². The zero-order valence-corrected chi connectivity index (χ0v) is 21.6. The fraction of sp³-hybridized carbons (Fsp3) is 0.222. The monoisotopic (exact) mass is 528 g/mol. The van der Waals surface area contributed by atoms with Gasteiger partial charge in [-0.1, -0.05) is 49.2 Å². The van der Waals surface area contributed by atoms with Crippen molar-refractivity contribution in [3.05, 3.63) is 87.4 Å². The van der Waals surface area contributed by atoms with E-state index in [4.69, 9.17) is 37.4 Å². The van der Waals surface area contributed by atoms with E-state index in [0.29, 0.717) is 28.0 Å². The second-order valence-electron chi connectivity index (χ2n) is 7.88. The first-order valence-corrected chi connectivity index (χ1v) is 12.0. The van der Waals surface area contributed by atoms with Crippen molar-refractivity contribution >= 4 is 41.3 Å². The van der Waals surface area contributed by atoms with E-state index in [1.54, 1.807) is 24.3 Å². The number of esters is 1. The Bertz CT molecular complexity index is 1250. The van der Waals surface area contributed by atoms with Crippen LogP contribution >= 0.6 is 23.2 Å². The predicted molar refractivity (Wildman–Crippen MR) is 141 cm³/mol. The Labute approximate surface area is 220 Å². The van der Waals surface area contributed by atoms with Crippen LogP contribution in [0.25, 0.3) is 0 Å². The lowest BCUT2D eigenvalue weighted by atomic mass is 9.99. The lowest BCUT2D eigenvalue weighted by molar-refractivity contribution is -0.123. The molecule has 0 aromatic heterocycles. The van der Waals surface area contributed by atoms with E-state index in [0.717, 1.165) is 6.42 Å². The molecular weight excluding hydrogens is 503 g/mol. The zero-order chi connectivity index (χ0) is 26.1. The average molecular weight is 529 g/mol. The Hall–Kier alpha value is -3.55. The minimum atomic E-state index is -0.654. The molecule has 0 saturated carbocycles. The molecule has 3 aromatic rings. The van der Waals surface area contributed by atoms with Gasteiger partial charge in [0.1, 0.15) is 5.75 Å². The Morgan fingerprint density at radius 1 is 1.03 bits per heavy atom. The van der Waals surface area contributed by atoms with Crippen LogP contribution in [0.5, 0.6) is 17.2 Å². The summed E-state index contributed by atoms with van der Waals surface area (Å²) < 4.78 is 16.2. The molecule has 0 aliphatic heterocycles. The first kappa shape index (κ1) is 27.0. The number of rotatable bonds is 10. The number of hydrogen-bond donors (Lipinski definition) is 1. The second kappa shape index (κ2) is 13.0.